The van der Waals surface area contributed by atoms with Crippen LogP contribution in [0.3, 0.4) is 0 Å². The Morgan fingerprint density at radius 3 is 1.30 bits per heavy atom. The maximum Gasteiger partial charge on any atom is 0.0129 e. The van der Waals surface area contributed by atoms with Crippen LogP contribution < -0.4 is 5.73 Å². The van der Waals surface area contributed by atoms with Gasteiger partial charge in [-0.15, -0.1) is 0 Å². The maximum absolute atomic E-state index is 6.51. The van der Waals surface area contributed by atoms with E-state index < -0.39 is 0 Å². The average Bonchev–Trinajstić information content (AvgIpc) is 2.80. The average molecular weight is 458 g/mol. The highest BCUT2D eigenvalue weighted by Gasteiger charge is 2.24. The van der Waals surface area contributed by atoms with E-state index >= 15 is 0 Å². The molecule has 0 aliphatic carbocycles. The highest BCUT2D eigenvalue weighted by atomic mass is 14.7. The van der Waals surface area contributed by atoms with Crippen LogP contribution in [0.15, 0.2) is 30.3 Å². The molecule has 1 rings (SSSR count). The summed E-state index contributed by atoms with van der Waals surface area (Å²) in [4.78, 5) is 0. The fraction of sp³-hybridized carbons (Fsp3) is 0.812. The molecular weight excluding hydrogens is 398 g/mol. The first-order valence-corrected chi connectivity index (χ1v) is 14.9. The largest absolute Gasteiger partial charge is 0.325 e. The molecule has 0 fully saturated rings. The molecule has 0 aliphatic heterocycles. The molecule has 0 radical (unpaired) electrons. The summed E-state index contributed by atoms with van der Waals surface area (Å²) in [6.07, 6.45) is 29.7. The number of benzene rings is 1. The topological polar surface area (TPSA) is 26.0 Å². The van der Waals surface area contributed by atoms with E-state index in [1.165, 1.54) is 134 Å². The molecule has 0 aromatic heterocycles. The van der Waals surface area contributed by atoms with Crippen molar-refractivity contribution < 1.29 is 0 Å². The van der Waals surface area contributed by atoms with Crippen molar-refractivity contribution >= 4 is 0 Å². The molecule has 1 heteroatoms. The summed E-state index contributed by atoms with van der Waals surface area (Å²) >= 11 is 0. The summed E-state index contributed by atoms with van der Waals surface area (Å²) in [5, 5.41) is 0. The van der Waals surface area contributed by atoms with Crippen molar-refractivity contribution in [3.8, 4) is 0 Å². The molecule has 192 valence electrons. The van der Waals surface area contributed by atoms with Gasteiger partial charge in [0.1, 0.15) is 0 Å². The Balaban J connectivity index is 1.87. The van der Waals surface area contributed by atoms with E-state index in [-0.39, 0.29) is 5.54 Å². The number of hydrogen-bond acceptors (Lipinski definition) is 1. The molecule has 0 bridgehead atoms. The minimum Gasteiger partial charge on any atom is -0.325 e. The van der Waals surface area contributed by atoms with Crippen molar-refractivity contribution in [2.45, 2.75) is 161 Å². The van der Waals surface area contributed by atoms with Gasteiger partial charge in [0.05, 0.1) is 0 Å². The molecule has 2 N–H and O–H groups in total. The van der Waals surface area contributed by atoms with Crippen LogP contribution in [0.25, 0.3) is 0 Å². The minimum absolute atomic E-state index is 0.0932. The summed E-state index contributed by atoms with van der Waals surface area (Å²) in [5.41, 5.74) is 7.84. The summed E-state index contributed by atoms with van der Waals surface area (Å²) in [6.45, 7) is 6.71. The lowest BCUT2D eigenvalue weighted by Crippen LogP contribution is -2.42. The van der Waals surface area contributed by atoms with Gasteiger partial charge in [0.25, 0.3) is 0 Å². The lowest BCUT2D eigenvalue weighted by Gasteiger charge is -2.31. The van der Waals surface area contributed by atoms with Gasteiger partial charge in [-0.05, 0) is 38.2 Å². The van der Waals surface area contributed by atoms with Gasteiger partial charge in [-0.3, -0.25) is 0 Å². The van der Waals surface area contributed by atoms with Gasteiger partial charge in [-0.2, -0.15) is 0 Å². The maximum atomic E-state index is 6.51. The van der Waals surface area contributed by atoms with Crippen LogP contribution in [0.1, 0.15) is 155 Å². The lowest BCUT2D eigenvalue weighted by molar-refractivity contribution is 0.290. The minimum atomic E-state index is -0.0932. The van der Waals surface area contributed by atoms with Gasteiger partial charge < -0.3 is 5.73 Å². The second-order valence-electron chi connectivity index (χ2n) is 11.4. The first-order valence-electron chi connectivity index (χ1n) is 14.9. The molecule has 0 aliphatic rings. The monoisotopic (exact) mass is 457 g/mol. The van der Waals surface area contributed by atoms with Crippen LogP contribution in [0.2, 0.25) is 0 Å². The summed E-state index contributed by atoms with van der Waals surface area (Å²) in [7, 11) is 0. The summed E-state index contributed by atoms with van der Waals surface area (Å²) in [6, 6.07) is 10.9. The third-order valence-corrected chi connectivity index (χ3v) is 7.53. The number of nitrogens with two attached hydrogens (primary N) is 1. The first-order chi connectivity index (χ1) is 16.0. The second kappa shape index (κ2) is 20.5. The Morgan fingerprint density at radius 2 is 0.939 bits per heavy atom. The Labute approximate surface area is 208 Å². The molecule has 1 aromatic carbocycles. The van der Waals surface area contributed by atoms with Crippen molar-refractivity contribution in [2.75, 3.05) is 0 Å². The zero-order chi connectivity index (χ0) is 24.0. The number of rotatable bonds is 23. The number of hydrogen-bond donors (Lipinski definition) is 1. The van der Waals surface area contributed by atoms with Gasteiger partial charge in [0.2, 0.25) is 0 Å². The second-order valence-corrected chi connectivity index (χ2v) is 11.4. The zero-order valence-electron chi connectivity index (χ0n) is 22.9. The van der Waals surface area contributed by atoms with Crippen LogP contribution in [0.5, 0.6) is 0 Å². The van der Waals surface area contributed by atoms with Gasteiger partial charge >= 0.3 is 0 Å². The van der Waals surface area contributed by atoms with E-state index in [4.69, 9.17) is 5.73 Å². The van der Waals surface area contributed by atoms with E-state index in [1.807, 2.05) is 0 Å². The molecule has 1 unspecified atom stereocenters. The van der Waals surface area contributed by atoms with E-state index in [2.05, 4.69) is 51.1 Å². The third kappa shape index (κ3) is 18.2. The molecule has 0 spiro atoms. The molecule has 1 aromatic rings. The third-order valence-electron chi connectivity index (χ3n) is 7.53. The Morgan fingerprint density at radius 1 is 0.576 bits per heavy atom. The van der Waals surface area contributed by atoms with Crippen LogP contribution in [-0.4, -0.2) is 5.54 Å². The zero-order valence-corrected chi connectivity index (χ0v) is 22.9. The highest BCUT2D eigenvalue weighted by molar-refractivity contribution is 5.16. The van der Waals surface area contributed by atoms with E-state index in [0.29, 0.717) is 5.92 Å². The quantitative estimate of drug-likeness (QED) is 0.162. The summed E-state index contributed by atoms with van der Waals surface area (Å²) in [5.74, 6) is 0.575. The molecule has 33 heavy (non-hydrogen) atoms. The van der Waals surface area contributed by atoms with Gasteiger partial charge in [-0.1, -0.05) is 159 Å². The van der Waals surface area contributed by atoms with Crippen LogP contribution in [0, 0.1) is 5.92 Å². The van der Waals surface area contributed by atoms with E-state index in [0.717, 1.165) is 6.42 Å². The molecule has 0 heterocycles. The standard InChI is InChI=1S/C32H59N/c1-4-5-6-7-8-9-10-11-12-13-14-15-16-17-18-19-20-21-25-28-31(32(2,3)33)29-30-26-23-22-24-27-30/h22-24,26-27,31H,4-21,25,28-29,33H2,1-3H3. The lowest BCUT2D eigenvalue weighted by atomic mass is 9.80. The normalized spacial score (nSPS) is 12.8. The fourth-order valence-electron chi connectivity index (χ4n) is 5.10. The Hall–Kier alpha value is -0.820. The predicted molar refractivity (Wildman–Crippen MR) is 150 cm³/mol. The first kappa shape index (κ1) is 30.2. The van der Waals surface area contributed by atoms with Crippen molar-refractivity contribution in [2.24, 2.45) is 11.7 Å². The van der Waals surface area contributed by atoms with E-state index in [9.17, 15) is 0 Å². The van der Waals surface area contributed by atoms with Crippen LogP contribution in [-0.2, 0) is 6.42 Å². The SMILES string of the molecule is CCCCCCCCCCCCCCCCCCCCCC(Cc1ccccc1)C(C)(C)N. The molecule has 1 atom stereocenters. The van der Waals surface area contributed by atoms with Gasteiger partial charge in [0, 0.05) is 5.54 Å². The van der Waals surface area contributed by atoms with E-state index in [1.54, 1.807) is 0 Å². The van der Waals surface area contributed by atoms with Crippen LogP contribution >= 0.6 is 0 Å². The van der Waals surface area contributed by atoms with Crippen molar-refractivity contribution in [3.63, 3.8) is 0 Å². The van der Waals surface area contributed by atoms with Crippen molar-refractivity contribution in [1.29, 1.82) is 0 Å². The van der Waals surface area contributed by atoms with Crippen LogP contribution in [0.4, 0.5) is 0 Å². The Kier molecular flexibility index (Phi) is 18.8. The molecule has 0 saturated heterocycles. The molecule has 1 nitrogen and oxygen atoms in total. The number of unbranched alkanes of at least 4 members (excludes halogenated alkanes) is 18. The molecule has 0 saturated carbocycles. The fourth-order valence-corrected chi connectivity index (χ4v) is 5.10. The summed E-state index contributed by atoms with van der Waals surface area (Å²) < 4.78 is 0. The highest BCUT2D eigenvalue weighted by Crippen LogP contribution is 2.25. The smallest absolute Gasteiger partial charge is 0.0129 e. The van der Waals surface area contributed by atoms with Crippen molar-refractivity contribution in [1.82, 2.24) is 0 Å². The van der Waals surface area contributed by atoms with Crippen molar-refractivity contribution in [3.05, 3.63) is 35.9 Å². The predicted octanol–water partition coefficient (Wildman–Crippen LogP) is 10.4. The Bertz CT molecular complexity index is 515. The molecule has 0 amide bonds. The molecular formula is C32H59N. The van der Waals surface area contributed by atoms with Gasteiger partial charge in [-0.25, -0.2) is 0 Å². The van der Waals surface area contributed by atoms with Gasteiger partial charge in [0.15, 0.2) is 0 Å².